The van der Waals surface area contributed by atoms with Gasteiger partial charge in [-0.2, -0.15) is 0 Å². The van der Waals surface area contributed by atoms with Crippen LogP contribution < -0.4 is 19.7 Å². The zero-order chi connectivity index (χ0) is 21.8. The van der Waals surface area contributed by atoms with Gasteiger partial charge < -0.3 is 19.7 Å². The summed E-state index contributed by atoms with van der Waals surface area (Å²) in [6.07, 6.45) is 3.49. The maximum Gasteiger partial charge on any atom is 0.238 e. The van der Waals surface area contributed by atoms with E-state index in [1.54, 1.807) is 19.1 Å². The molecule has 0 radical (unpaired) electrons. The number of rotatable bonds is 7. The molecular formula is C24H29N3O4. The molecule has 0 aromatic heterocycles. The van der Waals surface area contributed by atoms with E-state index >= 15 is 0 Å². The maximum absolute atomic E-state index is 12.7. The summed E-state index contributed by atoms with van der Waals surface area (Å²) in [6.45, 7) is 1.92. The summed E-state index contributed by atoms with van der Waals surface area (Å²) in [6, 6.07) is 13.4. The highest BCUT2D eigenvalue weighted by Crippen LogP contribution is 2.38. The highest BCUT2D eigenvalue weighted by atomic mass is 16.5. The molecule has 0 spiro atoms. The lowest BCUT2D eigenvalue weighted by Gasteiger charge is -2.26. The molecule has 1 N–H and O–H groups in total. The molecular weight excluding hydrogens is 394 g/mol. The summed E-state index contributed by atoms with van der Waals surface area (Å²) in [5.41, 5.74) is 2.66. The van der Waals surface area contributed by atoms with Gasteiger partial charge in [0.15, 0.2) is 0 Å². The molecule has 2 amide bonds. The van der Waals surface area contributed by atoms with Crippen molar-refractivity contribution in [2.45, 2.75) is 31.7 Å². The summed E-state index contributed by atoms with van der Waals surface area (Å²) < 4.78 is 10.9. The van der Waals surface area contributed by atoms with Gasteiger partial charge in [0, 0.05) is 35.9 Å². The predicted octanol–water partition coefficient (Wildman–Crippen LogP) is 3.61. The lowest BCUT2D eigenvalue weighted by molar-refractivity contribution is -0.118. The van der Waals surface area contributed by atoms with Crippen molar-refractivity contribution < 1.29 is 19.1 Å². The minimum Gasteiger partial charge on any atom is -0.497 e. The van der Waals surface area contributed by atoms with Crippen LogP contribution in [0, 0.1) is 0 Å². The maximum atomic E-state index is 12.7. The molecule has 2 aliphatic heterocycles. The lowest BCUT2D eigenvalue weighted by atomic mass is 10.0. The predicted molar refractivity (Wildman–Crippen MR) is 120 cm³/mol. The highest BCUT2D eigenvalue weighted by Gasteiger charge is 2.30. The first-order valence-corrected chi connectivity index (χ1v) is 10.8. The number of hydrogen-bond acceptors (Lipinski definition) is 5. The van der Waals surface area contributed by atoms with Gasteiger partial charge in [0.2, 0.25) is 11.8 Å². The average molecular weight is 424 g/mol. The minimum absolute atomic E-state index is 0.0567. The molecule has 31 heavy (non-hydrogen) atoms. The lowest BCUT2D eigenvalue weighted by Crippen LogP contribution is -2.33. The zero-order valence-corrected chi connectivity index (χ0v) is 18.1. The van der Waals surface area contributed by atoms with Gasteiger partial charge in [0.1, 0.15) is 11.5 Å². The van der Waals surface area contributed by atoms with Crippen molar-refractivity contribution in [3.8, 4) is 11.5 Å². The van der Waals surface area contributed by atoms with Gasteiger partial charge in [-0.05, 0) is 68.3 Å². The van der Waals surface area contributed by atoms with E-state index in [9.17, 15) is 9.59 Å². The Kier molecular flexibility index (Phi) is 6.42. The number of methoxy groups -OCH3 is 2. The molecule has 0 bridgehead atoms. The van der Waals surface area contributed by atoms with E-state index in [1.807, 2.05) is 42.5 Å². The number of likely N-dealkylation sites (tertiary alicyclic amines) is 1. The molecule has 2 fully saturated rings. The number of hydrogen-bond donors (Lipinski definition) is 1. The van der Waals surface area contributed by atoms with Crippen LogP contribution in [0.25, 0.3) is 0 Å². The van der Waals surface area contributed by atoms with Crippen LogP contribution in [0.1, 0.15) is 37.3 Å². The fourth-order valence-electron chi connectivity index (χ4n) is 4.50. The van der Waals surface area contributed by atoms with Crippen molar-refractivity contribution in [2.75, 3.05) is 44.1 Å². The third-order valence-corrected chi connectivity index (χ3v) is 6.04. The van der Waals surface area contributed by atoms with Gasteiger partial charge in [0.25, 0.3) is 0 Å². The summed E-state index contributed by atoms with van der Waals surface area (Å²) in [7, 11) is 3.31. The molecule has 2 saturated heterocycles. The number of nitrogens with one attached hydrogen (secondary N) is 1. The second kappa shape index (κ2) is 9.39. The topological polar surface area (TPSA) is 71.1 Å². The fraction of sp³-hybridized carbons (Fsp3) is 0.417. The van der Waals surface area contributed by atoms with Gasteiger partial charge in [-0.15, -0.1) is 0 Å². The smallest absolute Gasteiger partial charge is 0.238 e. The number of benzene rings is 2. The Bertz CT molecular complexity index is 944. The van der Waals surface area contributed by atoms with Crippen molar-refractivity contribution >= 4 is 23.2 Å². The first kappa shape index (κ1) is 21.2. The van der Waals surface area contributed by atoms with E-state index in [0.717, 1.165) is 60.8 Å². The Balaban J connectivity index is 1.41. The van der Waals surface area contributed by atoms with Gasteiger partial charge >= 0.3 is 0 Å². The van der Waals surface area contributed by atoms with Crippen LogP contribution in [-0.2, 0) is 9.59 Å². The van der Waals surface area contributed by atoms with Crippen LogP contribution in [0.3, 0.4) is 0 Å². The molecule has 4 rings (SSSR count). The van der Waals surface area contributed by atoms with Crippen molar-refractivity contribution in [3.05, 3.63) is 48.0 Å². The molecule has 2 aromatic rings. The standard InChI is InChI=1S/C24H29N3O4/c1-30-19-11-12-22(31-2)20(15-19)21-5-3-13-26(21)16-23(28)25-17-7-9-18(10-8-17)27-14-4-6-24(27)29/h7-12,15,21H,3-6,13-14,16H2,1-2H3,(H,25,28)/t21-/m0/s1. The van der Waals surface area contributed by atoms with Crippen LogP contribution in [-0.4, -0.2) is 50.6 Å². The second-order valence-corrected chi connectivity index (χ2v) is 7.98. The molecule has 7 heteroatoms. The fourth-order valence-corrected chi connectivity index (χ4v) is 4.50. The van der Waals surface area contributed by atoms with E-state index < -0.39 is 0 Å². The number of anilines is 2. The third-order valence-electron chi connectivity index (χ3n) is 6.04. The molecule has 7 nitrogen and oxygen atoms in total. The monoisotopic (exact) mass is 423 g/mol. The number of carbonyl (C=O) groups is 2. The molecule has 2 heterocycles. The van der Waals surface area contributed by atoms with Gasteiger partial charge in [-0.1, -0.05) is 0 Å². The van der Waals surface area contributed by atoms with Crippen molar-refractivity contribution in [3.63, 3.8) is 0 Å². The normalized spacial score (nSPS) is 19.0. The molecule has 164 valence electrons. The van der Waals surface area contributed by atoms with Crippen LogP contribution in [0.5, 0.6) is 11.5 Å². The van der Waals surface area contributed by atoms with Crippen molar-refractivity contribution in [1.29, 1.82) is 0 Å². The number of nitrogens with zero attached hydrogens (tertiary/aromatic N) is 2. The molecule has 2 aromatic carbocycles. The molecule has 0 saturated carbocycles. The highest BCUT2D eigenvalue weighted by molar-refractivity contribution is 5.96. The third kappa shape index (κ3) is 4.66. The first-order valence-electron chi connectivity index (χ1n) is 10.8. The van der Waals surface area contributed by atoms with Crippen molar-refractivity contribution in [1.82, 2.24) is 4.90 Å². The molecule has 0 aliphatic carbocycles. The van der Waals surface area contributed by atoms with Crippen LogP contribution in [0.4, 0.5) is 11.4 Å². The summed E-state index contributed by atoms with van der Waals surface area (Å²) in [5.74, 6) is 1.69. The van der Waals surface area contributed by atoms with Gasteiger partial charge in [-0.3, -0.25) is 14.5 Å². The first-order chi connectivity index (χ1) is 15.1. The minimum atomic E-state index is -0.0567. The Morgan fingerprint density at radius 2 is 1.87 bits per heavy atom. The summed E-state index contributed by atoms with van der Waals surface area (Å²) >= 11 is 0. The van der Waals surface area contributed by atoms with Gasteiger partial charge in [-0.25, -0.2) is 0 Å². The van der Waals surface area contributed by atoms with E-state index in [4.69, 9.17) is 9.47 Å². The van der Waals surface area contributed by atoms with Crippen LogP contribution in [0.2, 0.25) is 0 Å². The summed E-state index contributed by atoms with van der Waals surface area (Å²) in [5, 5.41) is 2.98. The van der Waals surface area contributed by atoms with E-state index in [2.05, 4.69) is 10.2 Å². The van der Waals surface area contributed by atoms with Crippen LogP contribution in [0.15, 0.2) is 42.5 Å². The van der Waals surface area contributed by atoms with E-state index in [1.165, 1.54) is 0 Å². The van der Waals surface area contributed by atoms with Crippen LogP contribution >= 0.6 is 0 Å². The SMILES string of the molecule is COc1ccc(OC)c([C@@H]2CCCN2CC(=O)Nc2ccc(N3CCCC3=O)cc2)c1. The quantitative estimate of drug-likeness (QED) is 0.737. The molecule has 0 unspecified atom stereocenters. The Hall–Kier alpha value is -3.06. The van der Waals surface area contributed by atoms with Crippen molar-refractivity contribution in [2.24, 2.45) is 0 Å². The largest absolute Gasteiger partial charge is 0.497 e. The number of ether oxygens (including phenoxy) is 2. The summed E-state index contributed by atoms with van der Waals surface area (Å²) in [4.78, 5) is 28.6. The number of carbonyl (C=O) groups excluding carboxylic acids is 2. The van der Waals surface area contributed by atoms with E-state index in [0.29, 0.717) is 13.0 Å². The molecule has 2 aliphatic rings. The van der Waals surface area contributed by atoms with Gasteiger partial charge in [0.05, 0.1) is 20.8 Å². The Labute approximate surface area is 182 Å². The average Bonchev–Trinajstić information content (AvgIpc) is 3.42. The zero-order valence-electron chi connectivity index (χ0n) is 18.1. The Morgan fingerprint density at radius 1 is 1.06 bits per heavy atom. The van der Waals surface area contributed by atoms with E-state index in [-0.39, 0.29) is 17.9 Å². The molecule has 1 atom stereocenters. The Morgan fingerprint density at radius 3 is 2.55 bits per heavy atom. The second-order valence-electron chi connectivity index (χ2n) is 7.98. The number of amides is 2.